The van der Waals surface area contributed by atoms with E-state index in [1.807, 2.05) is 0 Å². The van der Waals surface area contributed by atoms with Crippen LogP contribution in [0.2, 0.25) is 0 Å². The molecule has 2 aromatic carbocycles. The van der Waals surface area contributed by atoms with Crippen molar-refractivity contribution in [3.05, 3.63) is 83.0 Å². The normalized spacial score (nSPS) is 18.9. The van der Waals surface area contributed by atoms with Gasteiger partial charge in [-0.2, -0.15) is 0 Å². The third-order valence-corrected chi connectivity index (χ3v) is 4.57. The molecule has 20 heavy (non-hydrogen) atoms. The predicted octanol–water partition coefficient (Wildman–Crippen LogP) is 5.25. The molecule has 0 nitrogen and oxygen atoms in total. The van der Waals surface area contributed by atoms with Crippen LogP contribution in [-0.4, -0.2) is 0 Å². The van der Waals surface area contributed by atoms with Gasteiger partial charge in [0, 0.05) is 5.92 Å². The molecule has 1 unspecified atom stereocenters. The van der Waals surface area contributed by atoms with Crippen molar-refractivity contribution < 1.29 is 0 Å². The Morgan fingerprint density at radius 2 is 1.85 bits per heavy atom. The quantitative estimate of drug-likeness (QED) is 0.589. The first-order valence-electron chi connectivity index (χ1n) is 7.46. The van der Waals surface area contributed by atoms with E-state index in [1.165, 1.54) is 33.4 Å². The van der Waals surface area contributed by atoms with E-state index in [4.69, 9.17) is 0 Å². The summed E-state index contributed by atoms with van der Waals surface area (Å²) >= 11 is 0. The maximum Gasteiger partial charge on any atom is 0.0210 e. The van der Waals surface area contributed by atoms with Crippen LogP contribution >= 0.6 is 0 Å². The van der Waals surface area contributed by atoms with Crippen molar-refractivity contribution in [1.29, 1.82) is 0 Å². The summed E-state index contributed by atoms with van der Waals surface area (Å²) in [5.41, 5.74) is 8.80. The molecule has 2 aliphatic carbocycles. The number of hydrogen-bond donors (Lipinski definition) is 0. The van der Waals surface area contributed by atoms with E-state index in [0.29, 0.717) is 5.92 Å². The van der Waals surface area contributed by atoms with E-state index in [-0.39, 0.29) is 0 Å². The lowest BCUT2D eigenvalue weighted by Crippen LogP contribution is -1.96. The molecule has 1 atom stereocenters. The van der Waals surface area contributed by atoms with Gasteiger partial charge >= 0.3 is 0 Å². The van der Waals surface area contributed by atoms with Crippen LogP contribution in [0, 0.1) is 0 Å². The molecule has 0 heteroatoms. The van der Waals surface area contributed by atoms with Gasteiger partial charge in [0.05, 0.1) is 0 Å². The van der Waals surface area contributed by atoms with Gasteiger partial charge in [-0.1, -0.05) is 73.2 Å². The predicted molar refractivity (Wildman–Crippen MR) is 84.9 cm³/mol. The molecule has 0 aromatic heterocycles. The summed E-state index contributed by atoms with van der Waals surface area (Å²) in [5.74, 6) is 0.467. The van der Waals surface area contributed by atoms with Crippen molar-refractivity contribution in [2.24, 2.45) is 0 Å². The molecule has 98 valence electrons. The van der Waals surface area contributed by atoms with Gasteiger partial charge in [0.25, 0.3) is 0 Å². The molecule has 0 fully saturated rings. The fourth-order valence-corrected chi connectivity index (χ4v) is 3.49. The summed E-state index contributed by atoms with van der Waals surface area (Å²) < 4.78 is 0. The third-order valence-electron chi connectivity index (χ3n) is 4.57. The molecule has 0 saturated carbocycles. The Labute approximate surface area is 120 Å². The lowest BCUT2D eigenvalue weighted by atomic mass is 9.92. The Hall–Kier alpha value is -2.08. The van der Waals surface area contributed by atoms with Crippen LogP contribution in [0.3, 0.4) is 0 Å². The van der Waals surface area contributed by atoms with Gasteiger partial charge in [-0.15, -0.1) is 0 Å². The molecule has 0 saturated heterocycles. The minimum Gasteiger partial charge on any atom is -0.0730 e. The zero-order chi connectivity index (χ0) is 13.5. The Bertz CT molecular complexity index is 731. The van der Waals surface area contributed by atoms with E-state index in [1.54, 1.807) is 0 Å². The molecular weight excluding hydrogens is 240 g/mol. The van der Waals surface area contributed by atoms with Crippen molar-refractivity contribution in [3.63, 3.8) is 0 Å². The molecule has 0 radical (unpaired) electrons. The minimum atomic E-state index is 0.467. The Morgan fingerprint density at radius 1 is 1.00 bits per heavy atom. The van der Waals surface area contributed by atoms with Crippen molar-refractivity contribution in [2.45, 2.75) is 25.7 Å². The van der Waals surface area contributed by atoms with Gasteiger partial charge in [-0.05, 0) is 40.7 Å². The lowest BCUT2D eigenvalue weighted by molar-refractivity contribution is 1.04. The highest BCUT2D eigenvalue weighted by atomic mass is 14.3. The number of allylic oxidation sites excluding steroid dienone is 4. The number of rotatable bonds is 2. The van der Waals surface area contributed by atoms with Crippen molar-refractivity contribution >= 4 is 0 Å². The molecule has 0 bridgehead atoms. The second-order valence-corrected chi connectivity index (χ2v) is 5.69. The SMILES string of the molecule is CCC1=CC(c2cccc3c2Cc2ccccc2-3)C=C1. The van der Waals surface area contributed by atoms with Gasteiger partial charge < -0.3 is 0 Å². The molecule has 0 spiro atoms. The Kier molecular flexibility index (Phi) is 2.63. The smallest absolute Gasteiger partial charge is 0.0210 e. The fraction of sp³-hybridized carbons (Fsp3) is 0.200. The first-order chi connectivity index (χ1) is 9.86. The topological polar surface area (TPSA) is 0 Å². The van der Waals surface area contributed by atoms with Crippen LogP contribution in [0.15, 0.2) is 66.3 Å². The minimum absolute atomic E-state index is 0.467. The largest absolute Gasteiger partial charge is 0.0730 e. The van der Waals surface area contributed by atoms with Gasteiger partial charge in [0.15, 0.2) is 0 Å². The molecule has 0 aliphatic heterocycles. The molecule has 2 aromatic rings. The Morgan fingerprint density at radius 3 is 2.70 bits per heavy atom. The van der Waals surface area contributed by atoms with E-state index in [9.17, 15) is 0 Å². The number of fused-ring (bicyclic) bond motifs is 3. The second kappa shape index (κ2) is 4.49. The maximum atomic E-state index is 2.42. The average Bonchev–Trinajstić information content (AvgIpc) is 3.11. The van der Waals surface area contributed by atoms with E-state index < -0.39 is 0 Å². The zero-order valence-electron chi connectivity index (χ0n) is 11.8. The third kappa shape index (κ3) is 1.68. The summed E-state index contributed by atoms with van der Waals surface area (Å²) in [5, 5.41) is 0. The lowest BCUT2D eigenvalue weighted by Gasteiger charge is -2.12. The van der Waals surface area contributed by atoms with E-state index in [2.05, 4.69) is 67.6 Å². The van der Waals surface area contributed by atoms with E-state index in [0.717, 1.165) is 12.8 Å². The monoisotopic (exact) mass is 258 g/mol. The summed E-state index contributed by atoms with van der Waals surface area (Å²) in [4.78, 5) is 0. The van der Waals surface area contributed by atoms with Gasteiger partial charge in [-0.25, -0.2) is 0 Å². The van der Waals surface area contributed by atoms with Crippen LogP contribution in [0.4, 0.5) is 0 Å². The van der Waals surface area contributed by atoms with Crippen molar-refractivity contribution in [1.82, 2.24) is 0 Å². The van der Waals surface area contributed by atoms with Crippen molar-refractivity contribution in [3.8, 4) is 11.1 Å². The highest BCUT2D eigenvalue weighted by Gasteiger charge is 2.23. The fourth-order valence-electron chi connectivity index (χ4n) is 3.49. The van der Waals surface area contributed by atoms with Crippen LogP contribution in [0.1, 0.15) is 36.0 Å². The highest BCUT2D eigenvalue weighted by molar-refractivity contribution is 5.78. The zero-order valence-corrected chi connectivity index (χ0v) is 11.8. The first kappa shape index (κ1) is 11.7. The van der Waals surface area contributed by atoms with Gasteiger partial charge in [0.1, 0.15) is 0 Å². The standard InChI is InChI=1S/C20H18/c1-2-14-10-11-16(12-14)18-8-5-9-19-17-7-4-3-6-15(17)13-20(18)19/h3-12,16H,2,13H2,1H3. The second-order valence-electron chi connectivity index (χ2n) is 5.69. The summed E-state index contributed by atoms with van der Waals surface area (Å²) in [7, 11) is 0. The molecule has 2 aliphatic rings. The van der Waals surface area contributed by atoms with Crippen LogP contribution in [0.5, 0.6) is 0 Å². The first-order valence-corrected chi connectivity index (χ1v) is 7.46. The van der Waals surface area contributed by atoms with Crippen LogP contribution < -0.4 is 0 Å². The molecule has 0 amide bonds. The van der Waals surface area contributed by atoms with Gasteiger partial charge in [0.2, 0.25) is 0 Å². The van der Waals surface area contributed by atoms with E-state index >= 15 is 0 Å². The highest BCUT2D eigenvalue weighted by Crippen LogP contribution is 2.41. The number of benzene rings is 2. The molecule has 0 heterocycles. The molecular formula is C20H18. The molecule has 0 N–H and O–H groups in total. The van der Waals surface area contributed by atoms with Crippen molar-refractivity contribution in [2.75, 3.05) is 0 Å². The summed E-state index contributed by atoms with van der Waals surface area (Å²) in [6.45, 7) is 2.23. The Balaban J connectivity index is 1.83. The summed E-state index contributed by atoms with van der Waals surface area (Å²) in [6.07, 6.45) is 9.26. The van der Waals surface area contributed by atoms with Gasteiger partial charge in [-0.3, -0.25) is 0 Å². The van der Waals surface area contributed by atoms with Crippen LogP contribution in [0.25, 0.3) is 11.1 Å². The maximum absolute atomic E-state index is 2.42. The van der Waals surface area contributed by atoms with Crippen LogP contribution in [-0.2, 0) is 6.42 Å². The number of hydrogen-bond acceptors (Lipinski definition) is 0. The average molecular weight is 258 g/mol. The summed E-state index contributed by atoms with van der Waals surface area (Å²) in [6, 6.07) is 15.6. The molecule has 4 rings (SSSR count).